The smallest absolute Gasteiger partial charge is 0.0462 e. The fraction of sp³-hybridized carbons (Fsp3) is 0.625. The summed E-state index contributed by atoms with van der Waals surface area (Å²) in [6.45, 7) is 6.91. The van der Waals surface area contributed by atoms with Gasteiger partial charge in [0.25, 0.3) is 0 Å². The van der Waals surface area contributed by atoms with Gasteiger partial charge in [-0.3, -0.25) is 0 Å². The lowest BCUT2D eigenvalue weighted by molar-refractivity contribution is 0.196. The van der Waals surface area contributed by atoms with Gasteiger partial charge in [-0.2, -0.15) is 0 Å². The van der Waals surface area contributed by atoms with Crippen molar-refractivity contribution in [3.05, 3.63) is 35.4 Å². The van der Waals surface area contributed by atoms with E-state index in [1.54, 1.807) is 0 Å². The molecule has 1 unspecified atom stereocenters. The fourth-order valence-electron chi connectivity index (χ4n) is 2.37. The normalized spacial score (nSPS) is 13.0. The highest BCUT2D eigenvalue weighted by Crippen LogP contribution is 2.22. The SMILES string of the molecule is CCC(CC)CC(CO)Cc1ccc(C)cc1. The molecule has 96 valence electrons. The average molecular weight is 234 g/mol. The summed E-state index contributed by atoms with van der Waals surface area (Å²) < 4.78 is 0. The van der Waals surface area contributed by atoms with Crippen LogP contribution in [0.3, 0.4) is 0 Å². The molecule has 0 aliphatic heterocycles. The van der Waals surface area contributed by atoms with Crippen LogP contribution in [0.5, 0.6) is 0 Å². The second-order valence-electron chi connectivity index (χ2n) is 5.16. The first-order valence-corrected chi connectivity index (χ1v) is 6.85. The second kappa shape index (κ2) is 7.50. The van der Waals surface area contributed by atoms with Gasteiger partial charge in [-0.25, -0.2) is 0 Å². The van der Waals surface area contributed by atoms with Crippen LogP contribution in [0.1, 0.15) is 44.2 Å². The maximum atomic E-state index is 9.48. The van der Waals surface area contributed by atoms with Crippen LogP contribution >= 0.6 is 0 Å². The Morgan fingerprint density at radius 3 is 2.06 bits per heavy atom. The number of aliphatic hydroxyl groups is 1. The molecular formula is C16H26O. The van der Waals surface area contributed by atoms with Gasteiger partial charge in [-0.15, -0.1) is 0 Å². The van der Waals surface area contributed by atoms with Crippen LogP contribution in [0, 0.1) is 18.8 Å². The third kappa shape index (κ3) is 4.91. The van der Waals surface area contributed by atoms with E-state index in [9.17, 15) is 5.11 Å². The minimum atomic E-state index is 0.310. The zero-order chi connectivity index (χ0) is 12.7. The van der Waals surface area contributed by atoms with Crippen molar-refractivity contribution in [3.63, 3.8) is 0 Å². The molecule has 0 aromatic heterocycles. The summed E-state index contributed by atoms with van der Waals surface area (Å²) in [5, 5.41) is 9.48. The third-order valence-electron chi connectivity index (χ3n) is 3.72. The van der Waals surface area contributed by atoms with Crippen LogP contribution in [0.2, 0.25) is 0 Å². The topological polar surface area (TPSA) is 20.2 Å². The Bertz CT molecular complexity index is 298. The molecule has 0 fully saturated rings. The van der Waals surface area contributed by atoms with Crippen molar-refractivity contribution in [2.45, 2.75) is 46.5 Å². The number of hydrogen-bond donors (Lipinski definition) is 1. The zero-order valence-corrected chi connectivity index (χ0v) is 11.4. The minimum absolute atomic E-state index is 0.310. The van der Waals surface area contributed by atoms with E-state index in [2.05, 4.69) is 45.0 Å². The molecule has 0 saturated carbocycles. The van der Waals surface area contributed by atoms with E-state index in [4.69, 9.17) is 0 Å². The quantitative estimate of drug-likeness (QED) is 0.757. The van der Waals surface area contributed by atoms with E-state index in [1.165, 1.54) is 24.0 Å². The van der Waals surface area contributed by atoms with Crippen molar-refractivity contribution in [2.24, 2.45) is 11.8 Å². The summed E-state index contributed by atoms with van der Waals surface area (Å²) in [6, 6.07) is 8.68. The molecule has 0 radical (unpaired) electrons. The molecule has 1 N–H and O–H groups in total. The first kappa shape index (κ1) is 14.2. The summed E-state index contributed by atoms with van der Waals surface area (Å²) in [5.41, 5.74) is 2.65. The van der Waals surface area contributed by atoms with E-state index in [-0.39, 0.29) is 0 Å². The Morgan fingerprint density at radius 1 is 1.00 bits per heavy atom. The summed E-state index contributed by atoms with van der Waals surface area (Å²) in [6.07, 6.45) is 4.60. The molecule has 1 nitrogen and oxygen atoms in total. The number of benzene rings is 1. The van der Waals surface area contributed by atoms with Crippen LogP contribution in [0.25, 0.3) is 0 Å². The van der Waals surface area contributed by atoms with Crippen molar-refractivity contribution in [2.75, 3.05) is 6.61 Å². The van der Waals surface area contributed by atoms with Gasteiger partial charge in [0.1, 0.15) is 0 Å². The van der Waals surface area contributed by atoms with Crippen molar-refractivity contribution in [1.29, 1.82) is 0 Å². The van der Waals surface area contributed by atoms with Gasteiger partial charge >= 0.3 is 0 Å². The predicted molar refractivity (Wildman–Crippen MR) is 74.1 cm³/mol. The van der Waals surface area contributed by atoms with Gasteiger partial charge in [0.2, 0.25) is 0 Å². The predicted octanol–water partition coefficient (Wildman–Crippen LogP) is 3.97. The number of hydrogen-bond acceptors (Lipinski definition) is 1. The molecule has 17 heavy (non-hydrogen) atoms. The average Bonchev–Trinajstić information content (AvgIpc) is 2.37. The highest BCUT2D eigenvalue weighted by Gasteiger charge is 2.13. The lowest BCUT2D eigenvalue weighted by atomic mass is 9.87. The van der Waals surface area contributed by atoms with Crippen LogP contribution in [-0.2, 0) is 6.42 Å². The molecule has 1 heteroatoms. The summed E-state index contributed by atoms with van der Waals surface area (Å²) in [7, 11) is 0. The van der Waals surface area contributed by atoms with E-state index < -0.39 is 0 Å². The van der Waals surface area contributed by atoms with Crippen molar-refractivity contribution in [3.8, 4) is 0 Å². The van der Waals surface area contributed by atoms with Crippen LogP contribution in [-0.4, -0.2) is 11.7 Å². The van der Waals surface area contributed by atoms with Gasteiger partial charge in [0.05, 0.1) is 0 Å². The standard InChI is InChI=1S/C16H26O/c1-4-14(5-2)10-16(12-17)11-15-8-6-13(3)7-9-15/h6-9,14,16-17H,4-5,10-12H2,1-3H3. The fourth-order valence-corrected chi connectivity index (χ4v) is 2.37. The Kier molecular flexibility index (Phi) is 6.28. The first-order chi connectivity index (χ1) is 8.19. The molecule has 0 saturated heterocycles. The van der Waals surface area contributed by atoms with E-state index in [0.717, 1.165) is 18.8 Å². The third-order valence-corrected chi connectivity index (χ3v) is 3.72. The molecule has 0 spiro atoms. The monoisotopic (exact) mass is 234 g/mol. The zero-order valence-electron chi connectivity index (χ0n) is 11.4. The van der Waals surface area contributed by atoms with Crippen LogP contribution in [0.4, 0.5) is 0 Å². The lowest BCUT2D eigenvalue weighted by Gasteiger charge is -2.20. The number of aliphatic hydroxyl groups excluding tert-OH is 1. The Balaban J connectivity index is 2.54. The highest BCUT2D eigenvalue weighted by atomic mass is 16.3. The van der Waals surface area contributed by atoms with Gasteiger partial charge in [0.15, 0.2) is 0 Å². The maximum Gasteiger partial charge on any atom is 0.0462 e. The lowest BCUT2D eigenvalue weighted by Crippen LogP contribution is -2.14. The largest absolute Gasteiger partial charge is 0.396 e. The molecule has 1 rings (SSSR count). The van der Waals surface area contributed by atoms with Crippen molar-refractivity contribution in [1.82, 2.24) is 0 Å². The van der Waals surface area contributed by atoms with Crippen molar-refractivity contribution < 1.29 is 5.11 Å². The van der Waals surface area contributed by atoms with E-state index in [1.807, 2.05) is 0 Å². The number of aryl methyl sites for hydroxylation is 1. The van der Waals surface area contributed by atoms with Crippen molar-refractivity contribution >= 4 is 0 Å². The molecule has 0 aliphatic carbocycles. The molecule has 0 amide bonds. The second-order valence-corrected chi connectivity index (χ2v) is 5.16. The van der Waals surface area contributed by atoms with Gasteiger partial charge < -0.3 is 5.11 Å². The summed E-state index contributed by atoms with van der Waals surface area (Å²) in [4.78, 5) is 0. The molecule has 1 atom stereocenters. The maximum absolute atomic E-state index is 9.48. The minimum Gasteiger partial charge on any atom is -0.396 e. The Labute approximate surface area is 106 Å². The van der Waals surface area contributed by atoms with Gasteiger partial charge in [0, 0.05) is 6.61 Å². The first-order valence-electron chi connectivity index (χ1n) is 6.85. The molecule has 0 heterocycles. The van der Waals surface area contributed by atoms with Gasteiger partial charge in [-0.05, 0) is 37.2 Å². The summed E-state index contributed by atoms with van der Waals surface area (Å²) in [5.74, 6) is 1.18. The Morgan fingerprint density at radius 2 is 1.59 bits per heavy atom. The van der Waals surface area contributed by atoms with E-state index >= 15 is 0 Å². The van der Waals surface area contributed by atoms with Crippen LogP contribution < -0.4 is 0 Å². The van der Waals surface area contributed by atoms with Gasteiger partial charge in [-0.1, -0.05) is 56.5 Å². The molecule has 1 aromatic rings. The number of rotatable bonds is 7. The Hall–Kier alpha value is -0.820. The van der Waals surface area contributed by atoms with Crippen LogP contribution in [0.15, 0.2) is 24.3 Å². The van der Waals surface area contributed by atoms with E-state index in [0.29, 0.717) is 12.5 Å². The summed E-state index contributed by atoms with van der Waals surface area (Å²) >= 11 is 0. The molecule has 0 bridgehead atoms. The molecule has 1 aromatic carbocycles. The molecular weight excluding hydrogens is 208 g/mol. The highest BCUT2D eigenvalue weighted by molar-refractivity contribution is 5.21. The molecule has 0 aliphatic rings.